The highest BCUT2D eigenvalue weighted by Gasteiger charge is 2.28. The van der Waals surface area contributed by atoms with E-state index in [1.54, 1.807) is 54.4 Å². The standard InChI is InChI=1S/C21H20ClN5O5/c1-25-12-26(7-8-31-2)21(30)17-10-18(28)15(11-27(17)25)20(29)23-19-9-16(24-32-19)13-3-5-14(22)6-4-13/h3-6,9-11H,7-8,12H2,1-2H3,(H,23,29). The fourth-order valence-electron chi connectivity index (χ4n) is 3.32. The molecule has 11 heteroatoms. The third-order valence-electron chi connectivity index (χ3n) is 4.98. The van der Waals surface area contributed by atoms with Crippen LogP contribution in [0.25, 0.3) is 11.3 Å². The molecule has 0 saturated carbocycles. The van der Waals surface area contributed by atoms with Crippen molar-refractivity contribution in [2.45, 2.75) is 0 Å². The molecule has 1 aromatic carbocycles. The first-order valence-electron chi connectivity index (χ1n) is 9.67. The molecule has 0 aliphatic carbocycles. The van der Waals surface area contributed by atoms with Crippen LogP contribution in [-0.2, 0) is 4.74 Å². The van der Waals surface area contributed by atoms with Crippen molar-refractivity contribution in [3.8, 4) is 11.3 Å². The number of carbonyl (C=O) groups excluding carboxylic acids is 2. The van der Waals surface area contributed by atoms with Crippen molar-refractivity contribution < 1.29 is 18.8 Å². The topological polar surface area (TPSA) is 110 Å². The molecule has 0 spiro atoms. The Labute approximate surface area is 187 Å². The van der Waals surface area contributed by atoms with Crippen LogP contribution in [0.5, 0.6) is 0 Å². The minimum atomic E-state index is -0.674. The molecule has 1 aliphatic rings. The molecule has 0 radical (unpaired) electrons. The van der Waals surface area contributed by atoms with E-state index in [9.17, 15) is 14.4 Å². The van der Waals surface area contributed by atoms with E-state index >= 15 is 0 Å². The molecule has 4 rings (SSSR count). The van der Waals surface area contributed by atoms with Gasteiger partial charge < -0.3 is 14.2 Å². The van der Waals surface area contributed by atoms with Gasteiger partial charge in [-0.1, -0.05) is 28.9 Å². The number of halogens is 1. The van der Waals surface area contributed by atoms with E-state index in [0.717, 1.165) is 11.6 Å². The molecular formula is C21H20ClN5O5. The van der Waals surface area contributed by atoms with Crippen LogP contribution < -0.4 is 15.8 Å². The van der Waals surface area contributed by atoms with Gasteiger partial charge in [0.15, 0.2) is 5.43 Å². The molecule has 2 aromatic heterocycles. The number of nitrogens with zero attached hydrogens (tertiary/aromatic N) is 4. The van der Waals surface area contributed by atoms with Gasteiger partial charge in [-0.15, -0.1) is 0 Å². The smallest absolute Gasteiger partial charge is 0.274 e. The summed E-state index contributed by atoms with van der Waals surface area (Å²) in [6.45, 7) is 1.04. The summed E-state index contributed by atoms with van der Waals surface area (Å²) in [6.07, 6.45) is 1.34. The summed E-state index contributed by atoms with van der Waals surface area (Å²) in [7, 11) is 3.30. The van der Waals surface area contributed by atoms with Crippen LogP contribution >= 0.6 is 11.6 Å². The minimum absolute atomic E-state index is 0.0808. The third kappa shape index (κ3) is 4.23. The number of nitrogens with one attached hydrogen (secondary N) is 1. The third-order valence-corrected chi connectivity index (χ3v) is 5.23. The summed E-state index contributed by atoms with van der Waals surface area (Å²) in [6, 6.07) is 9.67. The summed E-state index contributed by atoms with van der Waals surface area (Å²) >= 11 is 5.89. The molecule has 2 amide bonds. The van der Waals surface area contributed by atoms with Crippen molar-refractivity contribution in [1.29, 1.82) is 0 Å². The van der Waals surface area contributed by atoms with Crippen LogP contribution in [0.1, 0.15) is 20.8 Å². The molecule has 0 fully saturated rings. The van der Waals surface area contributed by atoms with Crippen LogP contribution in [-0.4, -0.2) is 60.5 Å². The predicted molar refractivity (Wildman–Crippen MR) is 118 cm³/mol. The summed E-state index contributed by atoms with van der Waals surface area (Å²) in [5, 5.41) is 8.76. The molecule has 166 valence electrons. The van der Waals surface area contributed by atoms with Gasteiger partial charge in [-0.2, -0.15) is 0 Å². The van der Waals surface area contributed by atoms with Crippen LogP contribution in [0, 0.1) is 0 Å². The average molecular weight is 458 g/mol. The number of aromatic nitrogens is 2. The maximum Gasteiger partial charge on any atom is 0.274 e. The normalized spacial score (nSPS) is 13.3. The zero-order valence-corrected chi connectivity index (χ0v) is 18.1. The first-order valence-corrected chi connectivity index (χ1v) is 10.1. The lowest BCUT2D eigenvalue weighted by molar-refractivity contribution is 0.0634. The second-order valence-corrected chi connectivity index (χ2v) is 7.62. The quantitative estimate of drug-likeness (QED) is 0.603. The Hall–Kier alpha value is -3.63. The number of hydrogen-bond acceptors (Lipinski definition) is 7. The molecule has 0 unspecified atom stereocenters. The van der Waals surface area contributed by atoms with E-state index in [0.29, 0.717) is 23.9 Å². The predicted octanol–water partition coefficient (Wildman–Crippen LogP) is 2.04. The molecule has 0 bridgehead atoms. The van der Waals surface area contributed by atoms with E-state index < -0.39 is 11.3 Å². The van der Waals surface area contributed by atoms with E-state index in [4.69, 9.17) is 20.9 Å². The highest BCUT2D eigenvalue weighted by molar-refractivity contribution is 6.30. The van der Waals surface area contributed by atoms with Gasteiger partial charge in [-0.05, 0) is 12.1 Å². The number of benzene rings is 1. The summed E-state index contributed by atoms with van der Waals surface area (Å²) in [5.74, 6) is -0.906. The second kappa shape index (κ2) is 8.85. The maximum absolute atomic E-state index is 12.7. The van der Waals surface area contributed by atoms with Gasteiger partial charge in [-0.25, -0.2) is 0 Å². The Morgan fingerprint density at radius 3 is 2.72 bits per heavy atom. The van der Waals surface area contributed by atoms with Crippen molar-refractivity contribution in [2.24, 2.45) is 0 Å². The average Bonchev–Trinajstić information content (AvgIpc) is 3.23. The highest BCUT2D eigenvalue weighted by atomic mass is 35.5. The summed E-state index contributed by atoms with van der Waals surface area (Å²) < 4.78 is 11.7. The number of fused-ring (bicyclic) bond motifs is 1. The lowest BCUT2D eigenvalue weighted by atomic mass is 10.1. The Kier molecular flexibility index (Phi) is 5.97. The number of carbonyl (C=O) groups is 2. The van der Waals surface area contributed by atoms with Gasteiger partial charge in [0, 0.05) is 49.6 Å². The molecule has 32 heavy (non-hydrogen) atoms. The Bertz CT molecular complexity index is 1220. The maximum atomic E-state index is 12.7. The van der Waals surface area contributed by atoms with Crippen molar-refractivity contribution >= 4 is 29.3 Å². The lowest BCUT2D eigenvalue weighted by Gasteiger charge is -2.37. The van der Waals surface area contributed by atoms with E-state index in [-0.39, 0.29) is 29.7 Å². The van der Waals surface area contributed by atoms with Gasteiger partial charge >= 0.3 is 0 Å². The van der Waals surface area contributed by atoms with Gasteiger partial charge in [0.05, 0.1) is 6.61 Å². The molecule has 1 N–H and O–H groups in total. The molecule has 10 nitrogen and oxygen atoms in total. The Morgan fingerprint density at radius 1 is 1.25 bits per heavy atom. The number of pyridine rings is 1. The van der Waals surface area contributed by atoms with Gasteiger partial charge in [-0.3, -0.25) is 29.4 Å². The largest absolute Gasteiger partial charge is 0.383 e. The molecule has 0 atom stereocenters. The van der Waals surface area contributed by atoms with Crippen molar-refractivity contribution in [2.75, 3.05) is 44.3 Å². The monoisotopic (exact) mass is 457 g/mol. The zero-order chi connectivity index (χ0) is 22.8. The molecule has 3 heterocycles. The van der Waals surface area contributed by atoms with Crippen molar-refractivity contribution in [3.05, 3.63) is 69.1 Å². The fourth-order valence-corrected chi connectivity index (χ4v) is 3.45. The minimum Gasteiger partial charge on any atom is -0.383 e. The van der Waals surface area contributed by atoms with Crippen LogP contribution in [0.15, 0.2) is 51.9 Å². The summed E-state index contributed by atoms with van der Waals surface area (Å²) in [4.78, 5) is 39.6. The summed E-state index contributed by atoms with van der Waals surface area (Å²) in [5.41, 5.74) is 0.706. The van der Waals surface area contributed by atoms with Crippen LogP contribution in [0.2, 0.25) is 5.02 Å². The first-order chi connectivity index (χ1) is 15.4. The highest BCUT2D eigenvalue weighted by Crippen LogP contribution is 2.23. The fraction of sp³-hybridized carbons (Fsp3) is 0.238. The van der Waals surface area contributed by atoms with Gasteiger partial charge in [0.1, 0.15) is 23.6 Å². The molecular weight excluding hydrogens is 438 g/mol. The number of anilines is 1. The zero-order valence-electron chi connectivity index (χ0n) is 17.4. The molecule has 0 saturated heterocycles. The SMILES string of the molecule is COCCN1CN(C)n2cc(C(=O)Nc3cc(-c4ccc(Cl)cc4)no3)c(=O)cc2C1=O. The van der Waals surface area contributed by atoms with Crippen molar-refractivity contribution in [3.63, 3.8) is 0 Å². The number of ether oxygens (including phenoxy) is 1. The Balaban J connectivity index is 1.55. The lowest BCUT2D eigenvalue weighted by Crippen LogP contribution is -2.53. The number of methoxy groups -OCH3 is 1. The number of amides is 2. The van der Waals surface area contributed by atoms with Crippen LogP contribution in [0.4, 0.5) is 5.88 Å². The molecule has 3 aromatic rings. The number of rotatable bonds is 6. The number of hydrogen-bond donors (Lipinski definition) is 1. The van der Waals surface area contributed by atoms with Crippen molar-refractivity contribution in [1.82, 2.24) is 14.7 Å². The van der Waals surface area contributed by atoms with E-state index in [1.807, 2.05) is 0 Å². The van der Waals surface area contributed by atoms with E-state index in [2.05, 4.69) is 10.5 Å². The molecule has 1 aliphatic heterocycles. The Morgan fingerprint density at radius 2 is 2.00 bits per heavy atom. The first kappa shape index (κ1) is 21.6. The van der Waals surface area contributed by atoms with Gasteiger partial charge in [0.2, 0.25) is 5.88 Å². The van der Waals surface area contributed by atoms with Gasteiger partial charge in [0.25, 0.3) is 11.8 Å². The van der Waals surface area contributed by atoms with Crippen LogP contribution in [0.3, 0.4) is 0 Å². The van der Waals surface area contributed by atoms with E-state index in [1.165, 1.54) is 10.9 Å². The second-order valence-electron chi connectivity index (χ2n) is 7.18.